The molecule has 1 aromatic heterocycles. The van der Waals surface area contributed by atoms with Crippen molar-refractivity contribution in [2.75, 3.05) is 0 Å². The summed E-state index contributed by atoms with van der Waals surface area (Å²) in [5.74, 6) is 0.809. The van der Waals surface area contributed by atoms with E-state index >= 15 is 0 Å². The van der Waals surface area contributed by atoms with Gasteiger partial charge in [0.05, 0.1) is 0 Å². The number of rotatable bonds is 6. The Bertz CT molecular complexity index is 861. The van der Waals surface area contributed by atoms with Crippen molar-refractivity contribution in [3.8, 4) is 5.75 Å². The monoisotopic (exact) mass is 403 g/mol. The molecule has 0 fully saturated rings. The lowest BCUT2D eigenvalue weighted by Gasteiger charge is -2.05. The van der Waals surface area contributed by atoms with Crippen molar-refractivity contribution in [1.82, 2.24) is 5.32 Å². The van der Waals surface area contributed by atoms with Gasteiger partial charge in [-0.3, -0.25) is 4.79 Å². The minimum absolute atomic E-state index is 0.204. The van der Waals surface area contributed by atoms with Crippen molar-refractivity contribution in [3.05, 3.63) is 88.0 Å². The topological polar surface area (TPSA) is 51.5 Å². The van der Waals surface area contributed by atoms with Crippen LogP contribution >= 0.6 is 15.9 Å². The first-order chi connectivity index (χ1) is 12.1. The van der Waals surface area contributed by atoms with Gasteiger partial charge in [0, 0.05) is 11.0 Å². The lowest BCUT2D eigenvalue weighted by molar-refractivity contribution is 0.0919. The SMILES string of the molecule is O=C(NCc1ccc(F)cc1)c1ccc(COc2cccc(Br)c2)o1. The average Bonchev–Trinajstić information content (AvgIpc) is 3.08. The maximum atomic E-state index is 12.9. The van der Waals surface area contributed by atoms with E-state index in [1.807, 2.05) is 24.3 Å². The normalized spacial score (nSPS) is 10.5. The molecule has 1 N–H and O–H groups in total. The smallest absolute Gasteiger partial charge is 0.287 e. The van der Waals surface area contributed by atoms with E-state index in [-0.39, 0.29) is 24.1 Å². The van der Waals surface area contributed by atoms with Gasteiger partial charge < -0.3 is 14.5 Å². The molecular weight excluding hydrogens is 389 g/mol. The highest BCUT2D eigenvalue weighted by atomic mass is 79.9. The van der Waals surface area contributed by atoms with Gasteiger partial charge in [-0.15, -0.1) is 0 Å². The predicted molar refractivity (Wildman–Crippen MR) is 94.8 cm³/mol. The maximum Gasteiger partial charge on any atom is 0.287 e. The number of amides is 1. The van der Waals surface area contributed by atoms with E-state index < -0.39 is 0 Å². The van der Waals surface area contributed by atoms with Gasteiger partial charge in [-0.25, -0.2) is 4.39 Å². The second-order valence-corrected chi connectivity index (χ2v) is 6.24. The first-order valence-electron chi connectivity index (χ1n) is 7.60. The molecule has 0 aliphatic rings. The number of hydrogen-bond donors (Lipinski definition) is 1. The quantitative estimate of drug-likeness (QED) is 0.649. The van der Waals surface area contributed by atoms with Crippen LogP contribution in [0.25, 0.3) is 0 Å². The van der Waals surface area contributed by atoms with Crippen molar-refractivity contribution < 1.29 is 18.3 Å². The lowest BCUT2D eigenvalue weighted by atomic mass is 10.2. The zero-order chi connectivity index (χ0) is 17.6. The number of carbonyl (C=O) groups excluding carboxylic acids is 1. The molecule has 2 aromatic carbocycles. The molecule has 0 radical (unpaired) electrons. The van der Waals surface area contributed by atoms with Gasteiger partial charge in [0.15, 0.2) is 5.76 Å². The number of furan rings is 1. The second-order valence-electron chi connectivity index (χ2n) is 5.32. The zero-order valence-electron chi connectivity index (χ0n) is 13.2. The summed E-state index contributed by atoms with van der Waals surface area (Å²) in [6.45, 7) is 0.519. The van der Waals surface area contributed by atoms with E-state index in [1.54, 1.807) is 24.3 Å². The van der Waals surface area contributed by atoms with Gasteiger partial charge in [-0.1, -0.05) is 34.1 Å². The molecule has 0 saturated carbocycles. The summed E-state index contributed by atoms with van der Waals surface area (Å²) >= 11 is 3.37. The van der Waals surface area contributed by atoms with Gasteiger partial charge in [0.2, 0.25) is 0 Å². The standard InChI is InChI=1S/C19H15BrFNO3/c20-14-2-1-3-16(10-14)24-12-17-8-9-18(25-17)19(23)22-11-13-4-6-15(21)7-5-13/h1-10H,11-12H2,(H,22,23). The van der Waals surface area contributed by atoms with E-state index in [0.29, 0.717) is 18.1 Å². The highest BCUT2D eigenvalue weighted by Crippen LogP contribution is 2.19. The molecular formula is C19H15BrFNO3. The van der Waals surface area contributed by atoms with Crippen LogP contribution in [0.4, 0.5) is 4.39 Å². The molecule has 128 valence electrons. The van der Waals surface area contributed by atoms with Gasteiger partial charge in [-0.05, 0) is 48.0 Å². The van der Waals surface area contributed by atoms with Gasteiger partial charge in [-0.2, -0.15) is 0 Å². The molecule has 3 aromatic rings. The molecule has 0 unspecified atom stereocenters. The average molecular weight is 404 g/mol. The summed E-state index contributed by atoms with van der Waals surface area (Å²) in [6.07, 6.45) is 0. The third-order valence-electron chi connectivity index (χ3n) is 3.43. The first-order valence-corrected chi connectivity index (χ1v) is 8.39. The summed E-state index contributed by atoms with van der Waals surface area (Å²) in [5.41, 5.74) is 0.805. The highest BCUT2D eigenvalue weighted by Gasteiger charge is 2.11. The van der Waals surface area contributed by atoms with Crippen molar-refractivity contribution in [1.29, 1.82) is 0 Å². The molecule has 3 rings (SSSR count). The first kappa shape index (κ1) is 17.2. The zero-order valence-corrected chi connectivity index (χ0v) is 14.8. The minimum Gasteiger partial charge on any atom is -0.486 e. The highest BCUT2D eigenvalue weighted by molar-refractivity contribution is 9.10. The molecule has 4 nitrogen and oxygen atoms in total. The van der Waals surface area contributed by atoms with Gasteiger partial charge >= 0.3 is 0 Å². The Hall–Kier alpha value is -2.60. The Kier molecular flexibility index (Phi) is 5.50. The molecule has 0 atom stereocenters. The third-order valence-corrected chi connectivity index (χ3v) is 3.92. The molecule has 0 aliphatic heterocycles. The van der Waals surface area contributed by atoms with E-state index in [2.05, 4.69) is 21.2 Å². The van der Waals surface area contributed by atoms with Crippen molar-refractivity contribution in [3.63, 3.8) is 0 Å². The van der Waals surface area contributed by atoms with Crippen LogP contribution in [0.5, 0.6) is 5.75 Å². The molecule has 6 heteroatoms. The van der Waals surface area contributed by atoms with E-state index in [1.165, 1.54) is 12.1 Å². The fraction of sp³-hybridized carbons (Fsp3) is 0.105. The van der Waals surface area contributed by atoms with Crippen molar-refractivity contribution in [2.24, 2.45) is 0 Å². The van der Waals surface area contributed by atoms with Crippen LogP contribution in [0.2, 0.25) is 0 Å². The van der Waals surface area contributed by atoms with Crippen LogP contribution < -0.4 is 10.1 Å². The number of ether oxygens (including phenoxy) is 1. The van der Waals surface area contributed by atoms with E-state index in [0.717, 1.165) is 10.0 Å². The summed E-state index contributed by atoms with van der Waals surface area (Å²) in [5, 5.41) is 2.73. The van der Waals surface area contributed by atoms with E-state index in [9.17, 15) is 9.18 Å². The molecule has 0 aliphatic carbocycles. The van der Waals surface area contributed by atoms with Crippen molar-refractivity contribution in [2.45, 2.75) is 13.2 Å². The van der Waals surface area contributed by atoms with Gasteiger partial charge in [0.25, 0.3) is 5.91 Å². The molecule has 25 heavy (non-hydrogen) atoms. The van der Waals surface area contributed by atoms with Gasteiger partial charge in [0.1, 0.15) is 23.9 Å². The summed E-state index contributed by atoms with van der Waals surface area (Å²) in [6, 6.07) is 16.7. The number of carbonyl (C=O) groups is 1. The second kappa shape index (κ2) is 7.98. The Morgan fingerprint density at radius 1 is 1.12 bits per heavy atom. The summed E-state index contributed by atoms with van der Waals surface area (Å²) in [4.78, 5) is 12.1. The Morgan fingerprint density at radius 2 is 1.92 bits per heavy atom. The minimum atomic E-state index is -0.335. The van der Waals surface area contributed by atoms with Crippen LogP contribution in [-0.4, -0.2) is 5.91 Å². The third kappa shape index (κ3) is 4.93. The lowest BCUT2D eigenvalue weighted by Crippen LogP contribution is -2.22. The van der Waals surface area contributed by atoms with Crippen LogP contribution in [-0.2, 0) is 13.2 Å². The Balaban J connectivity index is 1.53. The van der Waals surface area contributed by atoms with Crippen molar-refractivity contribution >= 4 is 21.8 Å². The molecule has 0 saturated heterocycles. The van der Waals surface area contributed by atoms with E-state index in [4.69, 9.17) is 9.15 Å². The number of benzene rings is 2. The largest absolute Gasteiger partial charge is 0.486 e. The molecule has 0 bridgehead atoms. The number of halogens is 2. The number of hydrogen-bond acceptors (Lipinski definition) is 3. The Labute approximate surface area is 152 Å². The molecule has 0 spiro atoms. The van der Waals surface area contributed by atoms with Crippen LogP contribution in [0.1, 0.15) is 21.9 Å². The van der Waals surface area contributed by atoms with Crippen LogP contribution in [0.3, 0.4) is 0 Å². The Morgan fingerprint density at radius 3 is 2.68 bits per heavy atom. The van der Waals surface area contributed by atoms with Crippen LogP contribution in [0, 0.1) is 5.82 Å². The predicted octanol–water partition coefficient (Wildman–Crippen LogP) is 4.69. The number of nitrogens with one attached hydrogen (secondary N) is 1. The summed E-state index contributed by atoms with van der Waals surface area (Å²) in [7, 11) is 0. The summed E-state index contributed by atoms with van der Waals surface area (Å²) < 4.78 is 24.9. The fourth-order valence-corrected chi connectivity index (χ4v) is 2.54. The molecule has 1 amide bonds. The maximum absolute atomic E-state index is 12.9. The molecule has 1 heterocycles. The fourth-order valence-electron chi connectivity index (χ4n) is 2.16. The van der Waals surface area contributed by atoms with Crippen LogP contribution in [0.15, 0.2) is 69.6 Å².